The van der Waals surface area contributed by atoms with E-state index in [0.717, 1.165) is 43.2 Å². The third kappa shape index (κ3) is 3.35. The van der Waals surface area contributed by atoms with Gasteiger partial charge < -0.3 is 10.2 Å². The van der Waals surface area contributed by atoms with E-state index in [1.807, 2.05) is 19.1 Å². The molecule has 0 radical (unpaired) electrons. The van der Waals surface area contributed by atoms with Crippen LogP contribution in [-0.4, -0.2) is 16.5 Å². The minimum atomic E-state index is -0.907. The zero-order valence-corrected chi connectivity index (χ0v) is 14.3. The summed E-state index contributed by atoms with van der Waals surface area (Å²) in [6.07, 6.45) is 0.963. The predicted octanol–water partition coefficient (Wildman–Crippen LogP) is 4.37. The van der Waals surface area contributed by atoms with Gasteiger partial charge in [0.05, 0.1) is 0 Å². The fourth-order valence-electron chi connectivity index (χ4n) is 3.16. The molecule has 2 aromatic carbocycles. The maximum Gasteiger partial charge on any atom is 0.229 e. The quantitative estimate of drug-likeness (QED) is 0.760. The van der Waals surface area contributed by atoms with Gasteiger partial charge in [-0.1, -0.05) is 24.3 Å². The van der Waals surface area contributed by atoms with E-state index in [9.17, 15) is 8.78 Å². The molecule has 0 fully saturated rings. The molecule has 1 N–H and O–H groups in total. The highest BCUT2D eigenvalue weighted by Gasteiger charge is 2.18. The van der Waals surface area contributed by atoms with E-state index in [-0.39, 0.29) is 0 Å². The molecule has 0 saturated carbocycles. The molecule has 4 rings (SSSR count). The van der Waals surface area contributed by atoms with Gasteiger partial charge in [0.25, 0.3) is 0 Å². The number of nitrogens with one attached hydrogen (secondary N) is 1. The number of aromatic nitrogens is 2. The van der Waals surface area contributed by atoms with Crippen molar-refractivity contribution in [3.63, 3.8) is 0 Å². The molecule has 0 atom stereocenters. The Balaban J connectivity index is 1.59. The van der Waals surface area contributed by atoms with Crippen LogP contribution in [0, 0.1) is 18.6 Å². The number of nitrogens with zero attached hydrogens (tertiary/aromatic N) is 3. The Labute approximate surface area is 150 Å². The van der Waals surface area contributed by atoms with Crippen LogP contribution in [0.15, 0.2) is 48.5 Å². The van der Waals surface area contributed by atoms with Crippen LogP contribution >= 0.6 is 0 Å². The average molecular weight is 352 g/mol. The summed E-state index contributed by atoms with van der Waals surface area (Å²) in [7, 11) is 0. The number of rotatable bonds is 3. The molecule has 26 heavy (non-hydrogen) atoms. The molecule has 4 nitrogen and oxygen atoms in total. The first-order valence-corrected chi connectivity index (χ1v) is 8.48. The Morgan fingerprint density at radius 2 is 1.77 bits per heavy atom. The molecule has 1 aliphatic heterocycles. The Morgan fingerprint density at radius 1 is 0.962 bits per heavy atom. The summed E-state index contributed by atoms with van der Waals surface area (Å²) < 4.78 is 26.5. The largest absolute Gasteiger partial charge is 0.352 e. The summed E-state index contributed by atoms with van der Waals surface area (Å²) in [4.78, 5) is 11.1. The smallest absolute Gasteiger partial charge is 0.229 e. The molecule has 0 aliphatic carbocycles. The van der Waals surface area contributed by atoms with Crippen LogP contribution in [0.4, 0.5) is 26.2 Å². The van der Waals surface area contributed by atoms with Crippen molar-refractivity contribution >= 4 is 17.5 Å². The van der Waals surface area contributed by atoms with Gasteiger partial charge >= 0.3 is 0 Å². The summed E-state index contributed by atoms with van der Waals surface area (Å²) in [5, 5.41) is 2.96. The number of fused-ring (bicyclic) bond motifs is 1. The van der Waals surface area contributed by atoms with Crippen molar-refractivity contribution < 1.29 is 8.78 Å². The molecule has 6 heteroatoms. The molecule has 0 saturated heterocycles. The summed E-state index contributed by atoms with van der Waals surface area (Å²) in [5.41, 5.74) is 3.88. The molecule has 0 amide bonds. The lowest BCUT2D eigenvalue weighted by atomic mass is 10.00. The Morgan fingerprint density at radius 3 is 2.58 bits per heavy atom. The highest BCUT2D eigenvalue weighted by molar-refractivity contribution is 5.56. The van der Waals surface area contributed by atoms with E-state index in [2.05, 4.69) is 38.4 Å². The summed E-state index contributed by atoms with van der Waals surface area (Å²) in [5.74, 6) is -0.606. The molecular formula is C20H18F2N4. The third-order valence-electron chi connectivity index (χ3n) is 4.47. The number of aryl methyl sites for hydroxylation is 1. The number of hydrogen-bond acceptors (Lipinski definition) is 4. The molecule has 0 unspecified atom stereocenters. The van der Waals surface area contributed by atoms with E-state index < -0.39 is 11.6 Å². The van der Waals surface area contributed by atoms with Crippen LogP contribution in [0.25, 0.3) is 0 Å². The van der Waals surface area contributed by atoms with Crippen molar-refractivity contribution in [1.29, 1.82) is 0 Å². The normalized spacial score (nSPS) is 13.4. The Bertz CT molecular complexity index is 958. The van der Waals surface area contributed by atoms with E-state index in [1.54, 1.807) is 0 Å². The van der Waals surface area contributed by atoms with Gasteiger partial charge in [-0.15, -0.1) is 0 Å². The second-order valence-electron chi connectivity index (χ2n) is 6.39. The molecule has 3 aromatic rings. The minimum absolute atomic E-state index is 0.366. The highest BCUT2D eigenvalue weighted by atomic mass is 19.2. The van der Waals surface area contributed by atoms with E-state index in [1.165, 1.54) is 17.2 Å². The predicted molar refractivity (Wildman–Crippen MR) is 97.6 cm³/mol. The van der Waals surface area contributed by atoms with Crippen molar-refractivity contribution in [1.82, 2.24) is 9.97 Å². The first-order chi connectivity index (χ1) is 12.6. The van der Waals surface area contributed by atoms with Crippen molar-refractivity contribution in [2.45, 2.75) is 19.9 Å². The molecule has 132 valence electrons. The van der Waals surface area contributed by atoms with Crippen LogP contribution in [-0.2, 0) is 13.0 Å². The lowest BCUT2D eigenvalue weighted by Gasteiger charge is -2.30. The van der Waals surface area contributed by atoms with Crippen LogP contribution in [0.3, 0.4) is 0 Å². The fourth-order valence-corrected chi connectivity index (χ4v) is 3.16. The number of hydrogen-bond donors (Lipinski definition) is 1. The van der Waals surface area contributed by atoms with E-state index >= 15 is 0 Å². The fraction of sp³-hybridized carbons (Fsp3) is 0.200. The van der Waals surface area contributed by atoms with E-state index in [4.69, 9.17) is 0 Å². The molecular weight excluding hydrogens is 334 g/mol. The third-order valence-corrected chi connectivity index (χ3v) is 4.47. The lowest BCUT2D eigenvalue weighted by Crippen LogP contribution is -2.31. The van der Waals surface area contributed by atoms with Gasteiger partial charge in [-0.25, -0.2) is 13.8 Å². The molecule has 0 bridgehead atoms. The molecule has 1 aromatic heterocycles. The van der Waals surface area contributed by atoms with Crippen LogP contribution < -0.4 is 10.2 Å². The number of benzene rings is 2. The summed E-state index contributed by atoms with van der Waals surface area (Å²) in [6, 6.07) is 14.0. The van der Waals surface area contributed by atoms with Crippen LogP contribution in [0.2, 0.25) is 0 Å². The van der Waals surface area contributed by atoms with Gasteiger partial charge in [-0.05, 0) is 36.6 Å². The van der Waals surface area contributed by atoms with Crippen molar-refractivity contribution in [2.24, 2.45) is 0 Å². The van der Waals surface area contributed by atoms with Crippen LogP contribution in [0.1, 0.15) is 16.8 Å². The first-order valence-electron chi connectivity index (χ1n) is 8.48. The zero-order valence-electron chi connectivity index (χ0n) is 14.3. The summed E-state index contributed by atoms with van der Waals surface area (Å²) in [6.45, 7) is 3.55. The molecule has 2 heterocycles. The van der Waals surface area contributed by atoms with Crippen molar-refractivity contribution in [3.05, 3.63) is 77.0 Å². The maximum atomic E-state index is 13.4. The monoisotopic (exact) mass is 352 g/mol. The first kappa shape index (κ1) is 16.4. The topological polar surface area (TPSA) is 41.1 Å². The van der Waals surface area contributed by atoms with Gasteiger partial charge in [0, 0.05) is 36.6 Å². The van der Waals surface area contributed by atoms with Crippen molar-refractivity contribution in [3.8, 4) is 0 Å². The lowest BCUT2D eigenvalue weighted by molar-refractivity contribution is 0.509. The maximum absolute atomic E-state index is 13.4. The molecule has 0 spiro atoms. The van der Waals surface area contributed by atoms with Gasteiger partial charge in [0.1, 0.15) is 5.82 Å². The van der Waals surface area contributed by atoms with Gasteiger partial charge in [0.15, 0.2) is 11.6 Å². The highest BCUT2D eigenvalue weighted by Crippen LogP contribution is 2.25. The van der Waals surface area contributed by atoms with Crippen molar-refractivity contribution in [2.75, 3.05) is 16.8 Å². The van der Waals surface area contributed by atoms with Gasteiger partial charge in [-0.2, -0.15) is 4.98 Å². The van der Waals surface area contributed by atoms with Gasteiger partial charge in [0.2, 0.25) is 5.95 Å². The minimum Gasteiger partial charge on any atom is -0.352 e. The van der Waals surface area contributed by atoms with Gasteiger partial charge in [-0.3, -0.25) is 0 Å². The Kier molecular flexibility index (Phi) is 4.24. The molecule has 1 aliphatic rings. The summed E-state index contributed by atoms with van der Waals surface area (Å²) >= 11 is 0. The second kappa shape index (κ2) is 6.71. The van der Waals surface area contributed by atoms with Crippen LogP contribution in [0.5, 0.6) is 0 Å². The SMILES string of the molecule is Cc1cc(N2CCc3ccccc3C2)nc(Nc2ccc(F)c(F)c2)n1. The standard InChI is InChI=1S/C20H18F2N4/c1-13-10-19(26-9-8-14-4-2-3-5-15(14)12-26)25-20(23-13)24-16-6-7-17(21)18(22)11-16/h2-7,10-11H,8-9,12H2,1H3,(H,23,24,25). The second-order valence-corrected chi connectivity index (χ2v) is 6.39. The Hall–Kier alpha value is -3.02. The van der Waals surface area contributed by atoms with E-state index in [0.29, 0.717) is 11.6 Å². The number of halogens is 2. The average Bonchev–Trinajstić information content (AvgIpc) is 2.64. The number of anilines is 3. The zero-order chi connectivity index (χ0) is 18.1.